The van der Waals surface area contributed by atoms with Crippen LogP contribution in [0.3, 0.4) is 0 Å². The number of aryl methyl sites for hydroxylation is 2. The SMILES string of the molecule is Cc1ccccc1C(c1c(-c2ccccc2)[nH]c2ccccc12)N(C)C.Cc1ccccc1C(c1c(-c2ccccc2)[nH]c2ccccc12)N1CCCCC1.Clc1ccccc1C(c1c(-c2ccccc2)[nH]c2ccccc12)N1CCCCC1. The van der Waals surface area contributed by atoms with Gasteiger partial charge in [-0.05, 0) is 149 Å². The summed E-state index contributed by atoms with van der Waals surface area (Å²) in [6.07, 6.45) is 7.70. The van der Waals surface area contributed by atoms with Crippen LogP contribution < -0.4 is 0 Å². The molecule has 3 N–H and O–H groups in total. The standard InChI is InChI=1S/C27H28N2.C26H25ClN2.C24H24N2/c1-20-12-6-7-15-22(20)27(29-18-10-3-11-19-29)25-23-16-8-9-17-24(23)28-26(25)21-13-4-2-5-14-21;27-22-15-7-5-13-20(22)26(29-17-9-2-10-18-29)24-21-14-6-8-16-23(21)28-25(24)19-11-3-1-4-12-19;1-17-11-7-8-14-19(17)24(26(2)3)22-20-15-9-10-16-21(20)25-23(22)18-12-5-4-6-13-18/h2,4-9,12-17,27-28H,3,10-11,18-19H2,1H3;1,3-8,11-16,26,28H,2,9-10,17-18H2;4-16,24-25H,1-3H3. The number of aromatic amines is 3. The summed E-state index contributed by atoms with van der Waals surface area (Å²) in [5.74, 6) is 0. The number of hydrogen-bond acceptors (Lipinski definition) is 3. The fraction of sp³-hybridized carbons (Fsp3) is 0.221. The molecule has 9 aromatic carbocycles. The lowest BCUT2D eigenvalue weighted by atomic mass is 9.89. The molecule has 2 aliphatic rings. The zero-order valence-electron chi connectivity index (χ0n) is 49.0. The number of H-pyrrole nitrogens is 3. The Bertz CT molecular complexity index is 3910. The van der Waals surface area contributed by atoms with Crippen LogP contribution in [0.4, 0.5) is 0 Å². The molecule has 2 fully saturated rings. The number of likely N-dealkylation sites (tertiary alicyclic amines) is 2. The maximum atomic E-state index is 6.77. The molecule has 0 spiro atoms. The minimum atomic E-state index is 0.135. The van der Waals surface area contributed by atoms with Gasteiger partial charge in [-0.25, -0.2) is 0 Å². The molecule has 0 bridgehead atoms. The van der Waals surface area contributed by atoms with Gasteiger partial charge in [-0.2, -0.15) is 0 Å². The fourth-order valence-electron chi connectivity index (χ4n) is 13.4. The molecular weight excluding hydrogens is 1040 g/mol. The van der Waals surface area contributed by atoms with Crippen molar-refractivity contribution in [1.82, 2.24) is 29.7 Å². The van der Waals surface area contributed by atoms with Crippen molar-refractivity contribution in [3.8, 4) is 33.8 Å². The number of halogens is 1. The van der Waals surface area contributed by atoms with Crippen LogP contribution in [0, 0.1) is 13.8 Å². The van der Waals surface area contributed by atoms with Gasteiger partial charge in [-0.15, -0.1) is 0 Å². The molecule has 7 heteroatoms. The number of aromatic nitrogens is 3. The first kappa shape index (κ1) is 56.3. The van der Waals surface area contributed by atoms with Gasteiger partial charge in [0, 0.05) is 54.4 Å². The molecule has 3 aromatic heterocycles. The second-order valence-electron chi connectivity index (χ2n) is 23.1. The summed E-state index contributed by atoms with van der Waals surface area (Å²) in [7, 11) is 4.32. The van der Waals surface area contributed by atoms with E-state index in [2.05, 4.69) is 282 Å². The Morgan fingerprint density at radius 2 is 0.667 bits per heavy atom. The van der Waals surface area contributed by atoms with E-state index < -0.39 is 0 Å². The van der Waals surface area contributed by atoms with Crippen molar-refractivity contribution in [1.29, 1.82) is 0 Å². The number of hydrogen-bond donors (Lipinski definition) is 3. The number of fused-ring (bicyclic) bond motifs is 3. The topological polar surface area (TPSA) is 57.1 Å². The summed E-state index contributed by atoms with van der Waals surface area (Å²) < 4.78 is 0. The second-order valence-corrected chi connectivity index (χ2v) is 23.5. The fourth-order valence-corrected chi connectivity index (χ4v) is 13.7. The van der Waals surface area contributed by atoms with Crippen LogP contribution in [-0.2, 0) is 0 Å². The van der Waals surface area contributed by atoms with Crippen molar-refractivity contribution in [3.05, 3.63) is 286 Å². The number of benzene rings is 9. The van der Waals surface area contributed by atoms with Gasteiger partial charge in [0.25, 0.3) is 0 Å². The first-order valence-corrected chi connectivity index (χ1v) is 30.7. The van der Waals surface area contributed by atoms with Gasteiger partial charge >= 0.3 is 0 Å². The number of nitrogens with one attached hydrogen (secondary N) is 3. The zero-order valence-corrected chi connectivity index (χ0v) is 49.8. The molecule has 84 heavy (non-hydrogen) atoms. The van der Waals surface area contributed by atoms with Gasteiger partial charge < -0.3 is 15.0 Å². The Hall–Kier alpha value is -8.23. The summed E-state index contributed by atoms with van der Waals surface area (Å²) in [5.41, 5.74) is 21.7. The summed E-state index contributed by atoms with van der Waals surface area (Å²) >= 11 is 6.77. The summed E-state index contributed by atoms with van der Waals surface area (Å²) in [6, 6.07) is 84.6. The van der Waals surface area contributed by atoms with Crippen molar-refractivity contribution < 1.29 is 0 Å². The van der Waals surface area contributed by atoms with Gasteiger partial charge in [0.2, 0.25) is 0 Å². The molecule has 6 nitrogen and oxygen atoms in total. The van der Waals surface area contributed by atoms with Gasteiger partial charge in [0.05, 0.1) is 35.2 Å². The van der Waals surface area contributed by atoms with Crippen molar-refractivity contribution in [2.45, 2.75) is 70.5 Å². The first-order chi connectivity index (χ1) is 41.3. The summed E-state index contributed by atoms with van der Waals surface area (Å²) in [6.45, 7) is 8.97. The number of para-hydroxylation sites is 3. The molecule has 3 atom stereocenters. The highest BCUT2D eigenvalue weighted by atomic mass is 35.5. The molecule has 3 unspecified atom stereocenters. The lowest BCUT2D eigenvalue weighted by Crippen LogP contribution is -2.35. The molecule has 2 saturated heterocycles. The number of nitrogens with zero attached hydrogens (tertiary/aromatic N) is 3. The average molecular weight is 1120 g/mol. The lowest BCUT2D eigenvalue weighted by molar-refractivity contribution is 0.188. The van der Waals surface area contributed by atoms with Crippen LogP contribution in [0.2, 0.25) is 5.02 Å². The predicted molar refractivity (Wildman–Crippen MR) is 355 cm³/mol. The third kappa shape index (κ3) is 11.8. The van der Waals surface area contributed by atoms with E-state index in [0.717, 1.165) is 31.2 Å². The molecular formula is C77H77ClN6. The quantitative estimate of drug-likeness (QED) is 0.114. The average Bonchev–Trinajstić information content (AvgIpc) is 2.67. The van der Waals surface area contributed by atoms with E-state index in [0.29, 0.717) is 0 Å². The highest BCUT2D eigenvalue weighted by Crippen LogP contribution is 2.46. The molecule has 2 aliphatic heterocycles. The molecule has 0 radical (unpaired) electrons. The van der Waals surface area contributed by atoms with E-state index in [-0.39, 0.29) is 18.1 Å². The maximum Gasteiger partial charge on any atom is 0.0644 e. The van der Waals surface area contributed by atoms with Crippen LogP contribution in [-0.4, -0.2) is 69.9 Å². The molecule has 14 rings (SSSR count). The van der Waals surface area contributed by atoms with E-state index in [1.807, 2.05) is 12.1 Å². The molecule has 0 aliphatic carbocycles. The van der Waals surface area contributed by atoms with Crippen LogP contribution in [0.1, 0.15) is 101 Å². The lowest BCUT2D eigenvalue weighted by Gasteiger charge is -2.36. The molecule has 5 heterocycles. The summed E-state index contributed by atoms with van der Waals surface area (Å²) in [4.78, 5) is 18.8. The Morgan fingerprint density at radius 3 is 1.07 bits per heavy atom. The van der Waals surface area contributed by atoms with Crippen molar-refractivity contribution >= 4 is 44.3 Å². The molecule has 0 amide bonds. The maximum absolute atomic E-state index is 6.77. The molecule has 0 saturated carbocycles. The van der Waals surface area contributed by atoms with E-state index in [1.165, 1.54) is 150 Å². The number of rotatable bonds is 12. The number of piperidine rings is 2. The third-order valence-electron chi connectivity index (χ3n) is 17.4. The normalized spacial score (nSPS) is 15.1. The molecule has 12 aromatic rings. The largest absolute Gasteiger partial charge is 0.354 e. The van der Waals surface area contributed by atoms with Crippen molar-refractivity contribution in [2.24, 2.45) is 0 Å². The Morgan fingerprint density at radius 1 is 0.345 bits per heavy atom. The van der Waals surface area contributed by atoms with Gasteiger partial charge in [0.1, 0.15) is 0 Å². The third-order valence-corrected chi connectivity index (χ3v) is 17.8. The van der Waals surface area contributed by atoms with Gasteiger partial charge in [-0.3, -0.25) is 14.7 Å². The van der Waals surface area contributed by atoms with Crippen LogP contribution >= 0.6 is 11.6 Å². The van der Waals surface area contributed by atoms with E-state index >= 15 is 0 Å². The summed E-state index contributed by atoms with van der Waals surface area (Å²) in [5, 5.41) is 4.74. The van der Waals surface area contributed by atoms with Crippen LogP contribution in [0.5, 0.6) is 0 Å². The Kier molecular flexibility index (Phi) is 17.5. The Balaban J connectivity index is 0.000000124. The van der Waals surface area contributed by atoms with E-state index in [9.17, 15) is 0 Å². The van der Waals surface area contributed by atoms with E-state index in [1.54, 1.807) is 0 Å². The van der Waals surface area contributed by atoms with E-state index in [4.69, 9.17) is 11.6 Å². The predicted octanol–water partition coefficient (Wildman–Crippen LogP) is 19.6. The van der Waals surface area contributed by atoms with Crippen molar-refractivity contribution in [3.63, 3.8) is 0 Å². The Labute approximate surface area is 501 Å². The van der Waals surface area contributed by atoms with Crippen LogP contribution in [0.25, 0.3) is 66.5 Å². The zero-order chi connectivity index (χ0) is 57.4. The van der Waals surface area contributed by atoms with Crippen LogP contribution in [0.15, 0.2) is 237 Å². The minimum Gasteiger partial charge on any atom is -0.354 e. The highest BCUT2D eigenvalue weighted by molar-refractivity contribution is 6.31. The first-order valence-electron chi connectivity index (χ1n) is 30.3. The monoisotopic (exact) mass is 1120 g/mol. The van der Waals surface area contributed by atoms with Gasteiger partial charge in [0.15, 0.2) is 0 Å². The van der Waals surface area contributed by atoms with Crippen molar-refractivity contribution in [2.75, 3.05) is 40.3 Å². The smallest absolute Gasteiger partial charge is 0.0644 e. The highest BCUT2D eigenvalue weighted by Gasteiger charge is 2.33. The molecule has 422 valence electrons. The minimum absolute atomic E-state index is 0.135. The van der Waals surface area contributed by atoms with Gasteiger partial charge in [-0.1, -0.05) is 237 Å². The second kappa shape index (κ2) is 26.1.